The number of hydrogen-bond donors (Lipinski definition) is 0. The lowest BCUT2D eigenvalue weighted by Gasteiger charge is -2.22. The number of rotatable bonds is 4. The summed E-state index contributed by atoms with van der Waals surface area (Å²) in [5.74, 6) is -1.36. The minimum atomic E-state index is -3.62. The van der Waals surface area contributed by atoms with Gasteiger partial charge in [-0.15, -0.1) is 0 Å². The molecule has 0 aromatic heterocycles. The first-order valence-electron chi connectivity index (χ1n) is 7.67. The second-order valence-corrected chi connectivity index (χ2v) is 10.5. The highest BCUT2D eigenvalue weighted by Gasteiger charge is 2.34. The van der Waals surface area contributed by atoms with Crippen LogP contribution >= 0.6 is 0 Å². The number of benzene rings is 1. The molecule has 1 amide bonds. The summed E-state index contributed by atoms with van der Waals surface area (Å²) >= 11 is 0. The summed E-state index contributed by atoms with van der Waals surface area (Å²) in [6.07, 6.45) is 1.05. The van der Waals surface area contributed by atoms with Crippen LogP contribution in [0.25, 0.3) is 0 Å². The van der Waals surface area contributed by atoms with Gasteiger partial charge >= 0.3 is 0 Å². The maximum atomic E-state index is 14.0. The maximum Gasteiger partial charge on any atom is 0.237 e. The molecule has 0 aliphatic carbocycles. The average molecular weight is 392 g/mol. The van der Waals surface area contributed by atoms with Gasteiger partial charge in [-0.2, -0.15) is 4.31 Å². The molecule has 140 valence electrons. The third-order valence-electron chi connectivity index (χ3n) is 4.27. The molecule has 7 nitrogen and oxygen atoms in total. The molecule has 1 saturated heterocycles. The van der Waals surface area contributed by atoms with Crippen LogP contribution in [-0.4, -0.2) is 70.6 Å². The molecule has 1 heterocycles. The predicted octanol–water partition coefficient (Wildman–Crippen LogP) is 0.405. The summed E-state index contributed by atoms with van der Waals surface area (Å²) in [5, 5.41) is -1.01. The fraction of sp³-hybridized carbons (Fsp3) is 0.533. The van der Waals surface area contributed by atoms with E-state index >= 15 is 0 Å². The van der Waals surface area contributed by atoms with Crippen molar-refractivity contribution in [1.82, 2.24) is 9.21 Å². The highest BCUT2D eigenvalue weighted by Crippen LogP contribution is 2.31. The molecule has 1 aliphatic heterocycles. The second-order valence-electron chi connectivity index (χ2n) is 6.07. The summed E-state index contributed by atoms with van der Waals surface area (Å²) in [6, 6.07) is 5.70. The first-order chi connectivity index (χ1) is 11.5. The van der Waals surface area contributed by atoms with Gasteiger partial charge in [-0.1, -0.05) is 18.2 Å². The number of likely N-dealkylation sites (N-methyl/N-ethyl adjacent to an activating group) is 1. The molecule has 1 unspecified atom stereocenters. The Kier molecular flexibility index (Phi) is 5.85. The maximum absolute atomic E-state index is 14.0. The van der Waals surface area contributed by atoms with Gasteiger partial charge in [0.1, 0.15) is 5.82 Å². The van der Waals surface area contributed by atoms with Gasteiger partial charge < -0.3 is 4.90 Å². The first kappa shape index (κ1) is 19.8. The Morgan fingerprint density at radius 1 is 1.32 bits per heavy atom. The molecule has 0 N–H and O–H groups in total. The van der Waals surface area contributed by atoms with Gasteiger partial charge in [-0.3, -0.25) is 4.79 Å². The summed E-state index contributed by atoms with van der Waals surface area (Å²) in [4.78, 5) is 13.6. The van der Waals surface area contributed by atoms with E-state index in [0.29, 0.717) is 0 Å². The first-order valence-corrected chi connectivity index (χ1v) is 11.2. The van der Waals surface area contributed by atoms with Crippen molar-refractivity contribution >= 4 is 25.8 Å². The van der Waals surface area contributed by atoms with Crippen LogP contribution in [0.2, 0.25) is 0 Å². The Hall–Kier alpha value is -1.52. The number of carbonyl (C=O) groups excluding carboxylic acids is 1. The van der Waals surface area contributed by atoms with Crippen LogP contribution in [0.4, 0.5) is 4.39 Å². The lowest BCUT2D eigenvalue weighted by atomic mass is 10.1. The van der Waals surface area contributed by atoms with Gasteiger partial charge in [0.05, 0.1) is 23.8 Å². The lowest BCUT2D eigenvalue weighted by molar-refractivity contribution is -0.130. The highest BCUT2D eigenvalue weighted by atomic mass is 32.2. The zero-order valence-electron chi connectivity index (χ0n) is 14.1. The summed E-state index contributed by atoms with van der Waals surface area (Å²) in [6.45, 7) is -0.276. The molecular weight excluding hydrogens is 371 g/mol. The molecule has 1 aromatic rings. The number of carbonyl (C=O) groups is 1. The Morgan fingerprint density at radius 3 is 2.56 bits per heavy atom. The van der Waals surface area contributed by atoms with Gasteiger partial charge in [-0.25, -0.2) is 21.2 Å². The number of nitrogens with zero attached hydrogens (tertiary/aromatic N) is 2. The van der Waals surface area contributed by atoms with E-state index in [9.17, 15) is 26.0 Å². The number of amides is 1. The van der Waals surface area contributed by atoms with Crippen LogP contribution in [0.5, 0.6) is 0 Å². The molecule has 0 spiro atoms. The van der Waals surface area contributed by atoms with Gasteiger partial charge in [0.2, 0.25) is 15.9 Å². The molecule has 0 radical (unpaired) electrons. The van der Waals surface area contributed by atoms with E-state index in [1.54, 1.807) is 6.07 Å². The molecule has 0 saturated carbocycles. The molecular formula is C15H21FN2O5S2. The van der Waals surface area contributed by atoms with E-state index in [4.69, 9.17) is 0 Å². The molecule has 0 bridgehead atoms. The van der Waals surface area contributed by atoms with Gasteiger partial charge in [0.15, 0.2) is 9.84 Å². The van der Waals surface area contributed by atoms with Crippen molar-refractivity contribution in [3.8, 4) is 0 Å². The predicted molar refractivity (Wildman–Crippen MR) is 91.6 cm³/mol. The Labute approximate surface area is 147 Å². The third kappa shape index (κ3) is 4.77. The summed E-state index contributed by atoms with van der Waals surface area (Å²) < 4.78 is 62.7. The van der Waals surface area contributed by atoms with Crippen molar-refractivity contribution < 1.29 is 26.0 Å². The monoisotopic (exact) mass is 392 g/mol. The summed E-state index contributed by atoms with van der Waals surface area (Å²) in [5.41, 5.74) is 0.102. The normalized spacial score (nSPS) is 21.1. The molecule has 1 fully saturated rings. The van der Waals surface area contributed by atoms with E-state index in [1.807, 2.05) is 0 Å². The van der Waals surface area contributed by atoms with Crippen LogP contribution in [-0.2, 0) is 24.7 Å². The average Bonchev–Trinajstić information content (AvgIpc) is 2.65. The van der Waals surface area contributed by atoms with Crippen molar-refractivity contribution in [2.75, 3.05) is 38.7 Å². The van der Waals surface area contributed by atoms with Gasteiger partial charge in [-0.05, 0) is 12.5 Å². The van der Waals surface area contributed by atoms with E-state index in [2.05, 4.69) is 0 Å². The number of hydrogen-bond acceptors (Lipinski definition) is 5. The van der Waals surface area contributed by atoms with Gasteiger partial charge in [0, 0.05) is 25.7 Å². The van der Waals surface area contributed by atoms with E-state index < -0.39 is 36.8 Å². The molecule has 1 aromatic carbocycles. The number of halogens is 1. The van der Waals surface area contributed by atoms with Crippen LogP contribution in [0, 0.1) is 5.82 Å². The number of sulfone groups is 1. The molecule has 25 heavy (non-hydrogen) atoms. The van der Waals surface area contributed by atoms with Crippen LogP contribution in [0.3, 0.4) is 0 Å². The smallest absolute Gasteiger partial charge is 0.237 e. The van der Waals surface area contributed by atoms with Crippen molar-refractivity contribution in [3.05, 3.63) is 35.6 Å². The fourth-order valence-corrected chi connectivity index (χ4v) is 4.83. The van der Waals surface area contributed by atoms with E-state index in [0.717, 1.165) is 10.6 Å². The largest absolute Gasteiger partial charge is 0.340 e. The van der Waals surface area contributed by atoms with Gasteiger partial charge in [0.25, 0.3) is 0 Å². The number of sulfonamides is 1. The van der Waals surface area contributed by atoms with Crippen molar-refractivity contribution in [2.24, 2.45) is 0 Å². The molecule has 2 rings (SSSR count). The molecule has 1 atom stereocenters. The zero-order chi connectivity index (χ0) is 18.8. The minimum absolute atomic E-state index is 0.0380. The van der Waals surface area contributed by atoms with Crippen LogP contribution in [0.1, 0.15) is 17.2 Å². The Morgan fingerprint density at radius 2 is 1.96 bits per heavy atom. The highest BCUT2D eigenvalue weighted by molar-refractivity contribution is 7.91. The molecule has 10 heteroatoms. The quantitative estimate of drug-likeness (QED) is 0.740. The third-order valence-corrected chi connectivity index (χ3v) is 7.64. The van der Waals surface area contributed by atoms with E-state index in [1.165, 1.54) is 30.1 Å². The van der Waals surface area contributed by atoms with Crippen LogP contribution < -0.4 is 0 Å². The topological polar surface area (TPSA) is 91.8 Å². The Balaban J connectivity index is 2.17. The standard InChI is InChI=1S/C15H21FN2O5S2/c1-17(24(2,20)21)11-15(19)18-8-7-14(25(22,23)10-9-18)12-5-3-4-6-13(12)16/h3-6,14H,7-11H2,1-2H3. The summed E-state index contributed by atoms with van der Waals surface area (Å²) in [7, 11) is -5.85. The Bertz CT molecular complexity index is 854. The zero-order valence-corrected chi connectivity index (χ0v) is 15.7. The molecule has 1 aliphatic rings. The van der Waals surface area contributed by atoms with Crippen molar-refractivity contribution in [3.63, 3.8) is 0 Å². The van der Waals surface area contributed by atoms with Crippen molar-refractivity contribution in [2.45, 2.75) is 11.7 Å². The SMILES string of the molecule is CN(CC(=O)N1CCC(c2ccccc2F)S(=O)(=O)CC1)S(C)(=O)=O. The van der Waals surface area contributed by atoms with Crippen LogP contribution in [0.15, 0.2) is 24.3 Å². The lowest BCUT2D eigenvalue weighted by Crippen LogP contribution is -2.42. The van der Waals surface area contributed by atoms with Crippen molar-refractivity contribution in [1.29, 1.82) is 0 Å². The minimum Gasteiger partial charge on any atom is -0.340 e. The fourth-order valence-electron chi connectivity index (χ4n) is 2.69. The second kappa shape index (κ2) is 7.38. The van der Waals surface area contributed by atoms with E-state index in [-0.39, 0.29) is 37.4 Å².